The van der Waals surface area contributed by atoms with E-state index < -0.39 is 36.5 Å². The van der Waals surface area contributed by atoms with Gasteiger partial charge in [0.15, 0.2) is 12.6 Å². The van der Waals surface area contributed by atoms with E-state index in [9.17, 15) is 5.11 Å². The highest BCUT2D eigenvalue weighted by atomic mass is 127. The highest BCUT2D eigenvalue weighted by Gasteiger charge is 2.59. The van der Waals surface area contributed by atoms with Crippen LogP contribution in [0.5, 0.6) is 0 Å². The van der Waals surface area contributed by atoms with Crippen molar-refractivity contribution >= 4 is 22.6 Å². The molecular weight excluding hydrogens is 559 g/mol. The Morgan fingerprint density at radius 3 is 1.97 bits per heavy atom. The lowest BCUT2D eigenvalue weighted by molar-refractivity contribution is -0.389. The Morgan fingerprint density at radius 2 is 1.37 bits per heavy atom. The van der Waals surface area contributed by atoms with Crippen molar-refractivity contribution in [2.24, 2.45) is 0 Å². The van der Waals surface area contributed by atoms with Crippen molar-refractivity contribution in [1.82, 2.24) is 0 Å². The van der Waals surface area contributed by atoms with Gasteiger partial charge in [-0.3, -0.25) is 0 Å². The first-order valence-electron chi connectivity index (χ1n) is 11.7. The number of halogens is 1. The Hall–Kier alpha value is -1.85. The van der Waals surface area contributed by atoms with Crippen LogP contribution in [0.25, 0.3) is 0 Å². The summed E-state index contributed by atoms with van der Waals surface area (Å²) in [6, 6.07) is 29.5. The van der Waals surface area contributed by atoms with E-state index in [0.29, 0.717) is 17.6 Å². The van der Waals surface area contributed by atoms with Gasteiger partial charge in [-0.25, -0.2) is 0 Å². The van der Waals surface area contributed by atoms with Crippen LogP contribution < -0.4 is 0 Å². The molecule has 0 amide bonds. The minimum Gasteiger partial charge on any atom is -0.383 e. The number of alkyl halides is 1. The molecule has 0 aliphatic carbocycles. The van der Waals surface area contributed by atoms with Gasteiger partial charge < -0.3 is 28.8 Å². The second-order valence-corrected chi connectivity index (χ2v) is 9.58. The van der Waals surface area contributed by atoms with Crippen LogP contribution in [0.4, 0.5) is 0 Å². The molecule has 5 rings (SSSR count). The molecule has 2 saturated heterocycles. The zero-order valence-electron chi connectivity index (χ0n) is 19.2. The Kier molecular flexibility index (Phi) is 8.14. The van der Waals surface area contributed by atoms with Crippen LogP contribution >= 0.6 is 22.6 Å². The largest absolute Gasteiger partial charge is 0.383 e. The molecule has 6 atom stereocenters. The van der Waals surface area contributed by atoms with E-state index in [4.69, 9.17) is 23.7 Å². The van der Waals surface area contributed by atoms with Gasteiger partial charge in [-0.2, -0.15) is 0 Å². The summed E-state index contributed by atoms with van der Waals surface area (Å²) >= 11 is 2.19. The summed E-state index contributed by atoms with van der Waals surface area (Å²) in [5, 5.41) is 12.1. The zero-order chi connectivity index (χ0) is 24.1. The van der Waals surface area contributed by atoms with Gasteiger partial charge in [0.25, 0.3) is 0 Å². The molecule has 2 aliphatic heterocycles. The molecule has 0 radical (unpaired) electrons. The number of rotatable bonds is 8. The fourth-order valence-corrected chi connectivity index (χ4v) is 5.39. The lowest BCUT2D eigenvalue weighted by Crippen LogP contribution is -2.71. The van der Waals surface area contributed by atoms with Gasteiger partial charge in [0, 0.05) is 9.99 Å². The van der Waals surface area contributed by atoms with Crippen molar-refractivity contribution in [3.63, 3.8) is 0 Å². The van der Waals surface area contributed by atoms with Crippen LogP contribution in [-0.2, 0) is 36.9 Å². The molecule has 2 fully saturated rings. The maximum Gasteiger partial charge on any atom is 0.187 e. The first kappa shape index (κ1) is 24.8. The van der Waals surface area contributed by atoms with Gasteiger partial charge in [0.2, 0.25) is 0 Å². The molecule has 0 saturated carbocycles. The molecule has 1 unspecified atom stereocenters. The number of fused-ring (bicyclic) bond motifs is 1. The second kappa shape index (κ2) is 11.5. The standard InChI is InChI=1S/C28H29IO6/c29-19-28(30)24-23(18-33-26(35-24)22-14-8-3-9-15-22)34-27(32-17-21-12-6-2-7-13-21)25(28)31-16-20-10-4-1-5-11-20/h1-15,23-27,30H,16-19H2/t23-,24-,25-,26?,27+,28+/m1/s1. The smallest absolute Gasteiger partial charge is 0.187 e. The first-order chi connectivity index (χ1) is 17.2. The first-order valence-corrected chi connectivity index (χ1v) is 13.3. The van der Waals surface area contributed by atoms with Gasteiger partial charge in [0.1, 0.15) is 23.9 Å². The lowest BCUT2D eigenvalue weighted by atomic mass is 9.84. The zero-order valence-corrected chi connectivity index (χ0v) is 21.4. The molecule has 0 spiro atoms. The van der Waals surface area contributed by atoms with Crippen LogP contribution in [0.3, 0.4) is 0 Å². The molecule has 2 heterocycles. The minimum absolute atomic E-state index is 0.278. The van der Waals surface area contributed by atoms with E-state index in [0.717, 1.165) is 16.7 Å². The summed E-state index contributed by atoms with van der Waals surface area (Å²) < 4.78 is 31.6. The van der Waals surface area contributed by atoms with Crippen molar-refractivity contribution in [2.75, 3.05) is 11.0 Å². The monoisotopic (exact) mass is 588 g/mol. The van der Waals surface area contributed by atoms with Crippen molar-refractivity contribution in [3.05, 3.63) is 108 Å². The number of aliphatic hydroxyl groups is 1. The predicted molar refractivity (Wildman–Crippen MR) is 139 cm³/mol. The summed E-state index contributed by atoms with van der Waals surface area (Å²) in [5.41, 5.74) is 1.56. The van der Waals surface area contributed by atoms with E-state index in [1.165, 1.54) is 0 Å². The fraction of sp³-hybridized carbons (Fsp3) is 0.357. The summed E-state index contributed by atoms with van der Waals surface area (Å²) in [6.07, 6.45) is -3.28. The van der Waals surface area contributed by atoms with E-state index in [1.807, 2.05) is 91.0 Å². The van der Waals surface area contributed by atoms with Crippen molar-refractivity contribution in [3.8, 4) is 0 Å². The van der Waals surface area contributed by atoms with Crippen molar-refractivity contribution < 1.29 is 28.8 Å². The third-order valence-electron chi connectivity index (χ3n) is 6.38. The Balaban J connectivity index is 1.39. The molecule has 0 aromatic heterocycles. The quantitative estimate of drug-likeness (QED) is 0.302. The number of hydrogen-bond acceptors (Lipinski definition) is 6. The van der Waals surface area contributed by atoms with Gasteiger partial charge >= 0.3 is 0 Å². The Bertz CT molecular complexity index is 1050. The van der Waals surface area contributed by atoms with E-state index in [2.05, 4.69) is 22.6 Å². The van der Waals surface area contributed by atoms with Crippen LogP contribution in [-0.4, -0.2) is 46.3 Å². The molecule has 1 N–H and O–H groups in total. The van der Waals surface area contributed by atoms with Gasteiger partial charge in [-0.1, -0.05) is 114 Å². The highest BCUT2D eigenvalue weighted by molar-refractivity contribution is 14.1. The topological polar surface area (TPSA) is 66.4 Å². The molecule has 6 nitrogen and oxygen atoms in total. The molecular formula is C28H29IO6. The fourth-order valence-electron chi connectivity index (χ4n) is 4.52. The summed E-state index contributed by atoms with van der Waals surface area (Å²) in [4.78, 5) is 0. The van der Waals surface area contributed by atoms with Crippen molar-refractivity contribution in [2.45, 2.75) is 49.7 Å². The van der Waals surface area contributed by atoms with Crippen LogP contribution in [0.2, 0.25) is 0 Å². The van der Waals surface area contributed by atoms with Crippen LogP contribution in [0, 0.1) is 0 Å². The molecule has 0 bridgehead atoms. The molecule has 3 aromatic carbocycles. The second-order valence-electron chi connectivity index (χ2n) is 8.81. The van der Waals surface area contributed by atoms with Gasteiger partial charge in [-0.05, 0) is 11.1 Å². The SMILES string of the molecule is O[C@]1(CI)[C@H](OCc2ccccc2)[C@@H](OCc2ccccc2)O[C@@H]2COC(c3ccccc3)O[C@H]21. The number of benzene rings is 3. The van der Waals surface area contributed by atoms with E-state index >= 15 is 0 Å². The average molecular weight is 588 g/mol. The van der Waals surface area contributed by atoms with Gasteiger partial charge in [0.05, 0.1) is 19.8 Å². The lowest BCUT2D eigenvalue weighted by Gasteiger charge is -2.53. The molecule has 2 aliphatic rings. The normalized spacial score (nSPS) is 30.5. The molecule has 184 valence electrons. The number of ether oxygens (including phenoxy) is 5. The Labute approximate surface area is 219 Å². The maximum absolute atomic E-state index is 12.1. The molecule has 35 heavy (non-hydrogen) atoms. The summed E-state index contributed by atoms with van der Waals surface area (Å²) in [5.74, 6) is 0. The third kappa shape index (κ3) is 5.61. The molecule has 3 aromatic rings. The maximum atomic E-state index is 12.1. The van der Waals surface area contributed by atoms with Crippen molar-refractivity contribution in [1.29, 1.82) is 0 Å². The minimum atomic E-state index is -1.35. The van der Waals surface area contributed by atoms with E-state index in [-0.39, 0.29) is 6.61 Å². The summed E-state index contributed by atoms with van der Waals surface area (Å²) in [7, 11) is 0. The number of hydrogen-bond donors (Lipinski definition) is 1. The predicted octanol–water partition coefficient (Wildman–Crippen LogP) is 4.79. The molecule has 7 heteroatoms. The Morgan fingerprint density at radius 1 is 0.800 bits per heavy atom. The van der Waals surface area contributed by atoms with E-state index in [1.54, 1.807) is 0 Å². The average Bonchev–Trinajstić information content (AvgIpc) is 2.93. The van der Waals surface area contributed by atoms with Gasteiger partial charge in [-0.15, -0.1) is 0 Å². The highest BCUT2D eigenvalue weighted by Crippen LogP contribution is 2.42. The third-order valence-corrected chi connectivity index (χ3v) is 7.60. The van der Waals surface area contributed by atoms with Crippen LogP contribution in [0.15, 0.2) is 91.0 Å². The van der Waals surface area contributed by atoms with Crippen LogP contribution in [0.1, 0.15) is 23.0 Å². The summed E-state index contributed by atoms with van der Waals surface area (Å²) in [6.45, 7) is 0.925.